The zero-order valence-corrected chi connectivity index (χ0v) is 63.4. The van der Waals surface area contributed by atoms with Gasteiger partial charge in [0.2, 0.25) is 0 Å². The van der Waals surface area contributed by atoms with Gasteiger partial charge in [-0.05, 0) is 69.1 Å². The first-order chi connectivity index (χ1) is 45.8. The fourth-order valence-corrected chi connectivity index (χ4v) is 12.6. The van der Waals surface area contributed by atoms with Crippen molar-refractivity contribution in [1.82, 2.24) is 0 Å². The summed E-state index contributed by atoms with van der Waals surface area (Å²) in [6.07, 6.45) is 54.9. The molecule has 0 saturated carbocycles. The molecule has 0 aromatic rings. The molecule has 17 nitrogen and oxygen atoms in total. The number of carbonyl (C=O) groups is 4. The average molecular weight is 1390 g/mol. The first-order valence-corrected chi connectivity index (χ1v) is 41.7. The molecular formula is C76H144O17P2. The van der Waals surface area contributed by atoms with Crippen LogP contribution in [0.4, 0.5) is 0 Å². The molecule has 0 aliphatic heterocycles. The van der Waals surface area contributed by atoms with Crippen molar-refractivity contribution in [3.8, 4) is 0 Å². The zero-order valence-electron chi connectivity index (χ0n) is 61.6. The van der Waals surface area contributed by atoms with Crippen LogP contribution in [0.25, 0.3) is 0 Å². The van der Waals surface area contributed by atoms with Crippen LogP contribution in [0.5, 0.6) is 0 Å². The van der Waals surface area contributed by atoms with Crippen LogP contribution in [0.15, 0.2) is 24.3 Å². The summed E-state index contributed by atoms with van der Waals surface area (Å²) in [5, 5.41) is 10.6. The van der Waals surface area contributed by atoms with Gasteiger partial charge in [0, 0.05) is 25.7 Å². The number of allylic oxidation sites excluding steroid dienone is 4. The molecule has 3 N–H and O–H groups in total. The number of esters is 4. The number of phosphoric acid groups is 2. The molecule has 95 heavy (non-hydrogen) atoms. The number of aliphatic hydroxyl groups excluding tert-OH is 1. The lowest BCUT2D eigenvalue weighted by molar-refractivity contribution is -0.161. The van der Waals surface area contributed by atoms with E-state index in [1.807, 2.05) is 0 Å². The van der Waals surface area contributed by atoms with Crippen LogP contribution >= 0.6 is 15.6 Å². The van der Waals surface area contributed by atoms with Gasteiger partial charge >= 0.3 is 39.5 Å². The summed E-state index contributed by atoms with van der Waals surface area (Å²) in [6.45, 7) is 11.8. The lowest BCUT2D eigenvalue weighted by atomic mass is 9.99. The van der Waals surface area contributed by atoms with Crippen molar-refractivity contribution < 1.29 is 80.2 Å². The van der Waals surface area contributed by atoms with Gasteiger partial charge in [-0.2, -0.15) is 0 Å². The largest absolute Gasteiger partial charge is 0.472 e. The number of phosphoric ester groups is 2. The number of hydrogen-bond donors (Lipinski definition) is 3. The zero-order chi connectivity index (χ0) is 70.1. The topological polar surface area (TPSA) is 237 Å². The van der Waals surface area contributed by atoms with E-state index in [0.717, 1.165) is 127 Å². The maximum absolute atomic E-state index is 13.1. The first kappa shape index (κ1) is 92.5. The van der Waals surface area contributed by atoms with Crippen molar-refractivity contribution in [1.29, 1.82) is 0 Å². The Kier molecular flexibility index (Phi) is 64.4. The minimum atomic E-state index is -4.96. The second kappa shape index (κ2) is 66.1. The monoisotopic (exact) mass is 1390 g/mol. The smallest absolute Gasteiger partial charge is 0.462 e. The van der Waals surface area contributed by atoms with Gasteiger partial charge in [-0.25, -0.2) is 9.13 Å². The Morgan fingerprint density at radius 2 is 0.621 bits per heavy atom. The molecule has 0 amide bonds. The Morgan fingerprint density at radius 1 is 0.347 bits per heavy atom. The number of unbranched alkanes of at least 4 members (excludes halogenated alkanes) is 35. The lowest BCUT2D eigenvalue weighted by Gasteiger charge is -2.21. The Labute approximate surface area is 580 Å². The molecule has 0 aromatic heterocycles. The SMILES string of the molecule is CCCCCC/C=C\C=C/CCCCCCCC(=O)O[C@H](COC(=O)CCCCCCCCCCCC(C)C)COP(=O)(O)OC[C@@H](O)COP(=O)(O)OC[C@@H](COC(=O)CCCCCCCCC(C)CC)OC(=O)CCCCCCCCCCCCCCCCC(C)CC. The van der Waals surface area contributed by atoms with Crippen molar-refractivity contribution in [2.24, 2.45) is 17.8 Å². The van der Waals surface area contributed by atoms with Crippen LogP contribution in [0.1, 0.15) is 363 Å². The molecule has 0 spiro atoms. The number of aliphatic hydroxyl groups is 1. The molecule has 0 aromatic carbocycles. The summed E-state index contributed by atoms with van der Waals surface area (Å²) < 4.78 is 68.5. The lowest BCUT2D eigenvalue weighted by Crippen LogP contribution is -2.30. The van der Waals surface area contributed by atoms with E-state index >= 15 is 0 Å². The van der Waals surface area contributed by atoms with E-state index in [-0.39, 0.29) is 25.7 Å². The standard InChI is InChI=1S/C76H144O17P2/c1-8-11-12-13-14-15-16-17-18-22-25-30-36-45-52-59-75(80)92-71(63-86-73(78)57-50-43-35-32-27-28-33-40-47-54-67(4)5)65-90-94(82,83)88-61-70(77)62-89-95(84,85)91-66-72(64-87-74(79)58-51-44-39-38-42-49-56-69(7)10-3)93-76(81)60-53-46-37-31-26-23-20-19-21-24-29-34-41-48-55-68(6)9-2/h15-18,67-72,77H,8-14,19-66H2,1-7H3,(H,82,83)(H,84,85)/b16-15-,18-17-/t68?,69?,70-,71-,72-/m1/s1. The van der Waals surface area contributed by atoms with E-state index in [1.54, 1.807) is 0 Å². The Hall–Kier alpha value is -2.46. The first-order valence-electron chi connectivity index (χ1n) is 38.7. The molecule has 7 atom stereocenters. The summed E-state index contributed by atoms with van der Waals surface area (Å²) in [4.78, 5) is 72.8. The summed E-state index contributed by atoms with van der Waals surface area (Å²) in [5.41, 5.74) is 0. The highest BCUT2D eigenvalue weighted by Crippen LogP contribution is 2.45. The van der Waals surface area contributed by atoms with Crippen molar-refractivity contribution in [3.05, 3.63) is 24.3 Å². The molecule has 0 heterocycles. The quantitative estimate of drug-likeness (QED) is 0.0169. The number of ether oxygens (including phenoxy) is 4. The number of carbonyl (C=O) groups excluding carboxylic acids is 4. The molecule has 0 rings (SSSR count). The fraction of sp³-hybridized carbons (Fsp3) is 0.895. The van der Waals surface area contributed by atoms with Gasteiger partial charge in [0.05, 0.1) is 26.4 Å². The van der Waals surface area contributed by atoms with Crippen LogP contribution in [0.2, 0.25) is 0 Å². The van der Waals surface area contributed by atoms with Gasteiger partial charge in [-0.15, -0.1) is 0 Å². The van der Waals surface area contributed by atoms with E-state index in [0.29, 0.717) is 25.7 Å². The molecule has 0 aliphatic rings. The molecule has 19 heteroatoms. The molecule has 0 aliphatic carbocycles. The fourth-order valence-electron chi connectivity index (χ4n) is 11.0. The van der Waals surface area contributed by atoms with Crippen molar-refractivity contribution in [2.45, 2.75) is 381 Å². The average Bonchev–Trinajstić information content (AvgIpc) is 1.23. The molecule has 560 valence electrons. The number of rotatable bonds is 72. The van der Waals surface area contributed by atoms with Crippen molar-refractivity contribution in [2.75, 3.05) is 39.6 Å². The van der Waals surface area contributed by atoms with Gasteiger partial charge in [0.15, 0.2) is 12.2 Å². The summed E-state index contributed by atoms with van der Waals surface area (Å²) in [7, 11) is -9.93. The minimum Gasteiger partial charge on any atom is -0.462 e. The third-order valence-electron chi connectivity index (χ3n) is 17.7. The predicted octanol–water partition coefficient (Wildman–Crippen LogP) is 21.7. The minimum absolute atomic E-state index is 0.0843. The highest BCUT2D eigenvalue weighted by Gasteiger charge is 2.30. The molecule has 0 radical (unpaired) electrons. The van der Waals surface area contributed by atoms with Crippen molar-refractivity contribution >= 4 is 39.5 Å². The second-order valence-electron chi connectivity index (χ2n) is 27.7. The van der Waals surface area contributed by atoms with Gasteiger partial charge in [-0.3, -0.25) is 37.3 Å². The van der Waals surface area contributed by atoms with Gasteiger partial charge in [0.25, 0.3) is 0 Å². The highest BCUT2D eigenvalue weighted by atomic mass is 31.2. The normalized spacial score (nSPS) is 14.8. The highest BCUT2D eigenvalue weighted by molar-refractivity contribution is 7.47. The van der Waals surface area contributed by atoms with E-state index in [2.05, 4.69) is 72.8 Å². The van der Waals surface area contributed by atoms with Gasteiger partial charge in [0.1, 0.15) is 19.3 Å². The van der Waals surface area contributed by atoms with Gasteiger partial charge < -0.3 is 33.8 Å². The summed E-state index contributed by atoms with van der Waals surface area (Å²) in [5.74, 6) is 0.164. The molecular weight excluding hydrogens is 1250 g/mol. The Bertz CT molecular complexity index is 1950. The third-order valence-corrected chi connectivity index (χ3v) is 19.6. The van der Waals surface area contributed by atoms with Crippen LogP contribution in [0, 0.1) is 17.8 Å². The molecule has 4 unspecified atom stereocenters. The number of hydrogen-bond acceptors (Lipinski definition) is 15. The summed E-state index contributed by atoms with van der Waals surface area (Å²) in [6, 6.07) is 0. The maximum atomic E-state index is 13.1. The Balaban J connectivity index is 5.28. The maximum Gasteiger partial charge on any atom is 0.472 e. The van der Waals surface area contributed by atoms with E-state index in [1.165, 1.54) is 154 Å². The van der Waals surface area contributed by atoms with Crippen LogP contribution < -0.4 is 0 Å². The predicted molar refractivity (Wildman–Crippen MR) is 386 cm³/mol. The van der Waals surface area contributed by atoms with E-state index < -0.39 is 97.5 Å². The van der Waals surface area contributed by atoms with E-state index in [4.69, 9.17) is 37.0 Å². The Morgan fingerprint density at radius 3 is 0.937 bits per heavy atom. The molecule has 0 saturated heterocycles. The van der Waals surface area contributed by atoms with Gasteiger partial charge in [-0.1, -0.05) is 310 Å². The second-order valence-corrected chi connectivity index (χ2v) is 30.6. The van der Waals surface area contributed by atoms with Crippen LogP contribution in [-0.4, -0.2) is 96.7 Å². The summed E-state index contributed by atoms with van der Waals surface area (Å²) >= 11 is 0. The van der Waals surface area contributed by atoms with Crippen molar-refractivity contribution in [3.63, 3.8) is 0 Å². The van der Waals surface area contributed by atoms with Crippen LogP contribution in [0.3, 0.4) is 0 Å². The van der Waals surface area contributed by atoms with Crippen LogP contribution in [-0.2, 0) is 65.4 Å². The third kappa shape index (κ3) is 67.2. The molecule has 0 fully saturated rings. The van der Waals surface area contributed by atoms with E-state index in [9.17, 15) is 43.2 Å². The molecule has 0 bridgehead atoms.